The van der Waals surface area contributed by atoms with E-state index in [0.717, 1.165) is 5.69 Å². The Hall–Kier alpha value is -6.00. The summed E-state index contributed by atoms with van der Waals surface area (Å²) in [4.78, 5) is 7.78. The molecule has 7 aromatic carbocycles. The van der Waals surface area contributed by atoms with Crippen LogP contribution in [-0.2, 0) is 0 Å². The summed E-state index contributed by atoms with van der Waals surface area (Å²) in [6.07, 6.45) is 0. The van der Waals surface area contributed by atoms with Crippen LogP contribution in [0.15, 0.2) is 109 Å². The number of nitrogens with zero attached hydrogens (tertiary/aromatic N) is 3. The van der Waals surface area contributed by atoms with E-state index >= 15 is 0 Å². The summed E-state index contributed by atoms with van der Waals surface area (Å²) in [6, 6.07) is 41.6. The summed E-state index contributed by atoms with van der Waals surface area (Å²) in [7, 11) is 0. The smallest absolute Gasteiger partial charge is 0.252 e. The van der Waals surface area contributed by atoms with Gasteiger partial charge in [0.2, 0.25) is 0 Å². The minimum Gasteiger partial charge on any atom is -0.311 e. The van der Waals surface area contributed by atoms with E-state index in [9.17, 15) is 0 Å². The Morgan fingerprint density at radius 1 is 0.362 bits per heavy atom. The fourth-order valence-corrected chi connectivity index (χ4v) is 9.65. The molecule has 0 radical (unpaired) electrons. The van der Waals surface area contributed by atoms with Crippen molar-refractivity contribution in [2.45, 2.75) is 83.1 Å². The van der Waals surface area contributed by atoms with E-state index in [1.54, 1.807) is 0 Å². The summed E-state index contributed by atoms with van der Waals surface area (Å²) in [5.74, 6) is 0. The number of benzene rings is 7. The molecular formula is C54H54BN3. The predicted octanol–water partition coefficient (Wildman–Crippen LogP) is 12.9. The average Bonchev–Trinajstić information content (AvgIpc) is 3.20. The first-order chi connectivity index (χ1) is 27.8. The first kappa shape index (κ1) is 37.6. The summed E-state index contributed by atoms with van der Waals surface area (Å²) >= 11 is 0. The van der Waals surface area contributed by atoms with Crippen molar-refractivity contribution in [3.05, 3.63) is 176 Å². The number of rotatable bonds is 5. The molecule has 0 bridgehead atoms. The van der Waals surface area contributed by atoms with Crippen LogP contribution >= 0.6 is 0 Å². The molecule has 0 unspecified atom stereocenters. The Morgan fingerprint density at radius 3 is 1.14 bits per heavy atom. The van der Waals surface area contributed by atoms with Gasteiger partial charge in [0.15, 0.2) is 0 Å². The van der Waals surface area contributed by atoms with Crippen LogP contribution < -0.4 is 31.1 Å². The third-order valence-electron chi connectivity index (χ3n) is 14.0. The van der Waals surface area contributed by atoms with E-state index < -0.39 is 0 Å². The van der Waals surface area contributed by atoms with Crippen LogP contribution in [0.4, 0.5) is 51.2 Å². The summed E-state index contributed by atoms with van der Waals surface area (Å²) < 4.78 is 0. The second-order valence-electron chi connectivity index (χ2n) is 17.1. The maximum Gasteiger partial charge on any atom is 0.252 e. The fourth-order valence-electron chi connectivity index (χ4n) is 9.65. The monoisotopic (exact) mass is 755 g/mol. The largest absolute Gasteiger partial charge is 0.311 e. The Bertz CT molecular complexity index is 2660. The Morgan fingerprint density at radius 2 is 0.724 bits per heavy atom. The lowest BCUT2D eigenvalue weighted by molar-refractivity contribution is 1.16. The van der Waals surface area contributed by atoms with Crippen LogP contribution in [0.3, 0.4) is 0 Å². The molecule has 0 fully saturated rings. The normalized spacial score (nSPS) is 12.7. The Labute approximate surface area is 346 Å². The molecule has 7 aromatic rings. The molecular weight excluding hydrogens is 701 g/mol. The van der Waals surface area contributed by atoms with Crippen molar-refractivity contribution in [1.29, 1.82) is 0 Å². The van der Waals surface area contributed by atoms with Gasteiger partial charge in [-0.25, -0.2) is 0 Å². The van der Waals surface area contributed by atoms with Gasteiger partial charge in [0, 0.05) is 45.5 Å². The second-order valence-corrected chi connectivity index (χ2v) is 17.1. The van der Waals surface area contributed by atoms with Crippen LogP contribution in [0.25, 0.3) is 0 Å². The first-order valence-corrected chi connectivity index (χ1v) is 20.8. The second kappa shape index (κ2) is 13.8. The molecule has 3 nitrogen and oxygen atoms in total. The Balaban J connectivity index is 1.51. The molecule has 58 heavy (non-hydrogen) atoms. The van der Waals surface area contributed by atoms with Gasteiger partial charge >= 0.3 is 0 Å². The highest BCUT2D eigenvalue weighted by Crippen LogP contribution is 2.51. The molecule has 0 amide bonds. The van der Waals surface area contributed by atoms with Crippen molar-refractivity contribution in [3.63, 3.8) is 0 Å². The van der Waals surface area contributed by atoms with E-state index in [1.165, 1.54) is 129 Å². The number of aryl methyl sites for hydroxylation is 6. The molecule has 9 rings (SSSR count). The minimum atomic E-state index is 0.0419. The quantitative estimate of drug-likeness (QED) is 0.162. The maximum atomic E-state index is 2.62. The van der Waals surface area contributed by atoms with Crippen molar-refractivity contribution in [1.82, 2.24) is 0 Å². The number of anilines is 9. The summed E-state index contributed by atoms with van der Waals surface area (Å²) in [5, 5.41) is 0. The van der Waals surface area contributed by atoms with E-state index in [2.05, 4.69) is 207 Å². The zero-order chi connectivity index (χ0) is 40.9. The zero-order valence-electron chi connectivity index (χ0n) is 36.3. The van der Waals surface area contributed by atoms with E-state index in [1.807, 2.05) is 0 Å². The molecule has 0 atom stereocenters. The zero-order valence-corrected chi connectivity index (χ0v) is 36.3. The standard InChI is InChI=1S/C54H54BN3/c1-31-17-13-21-46(37(31)7)56(47-22-14-18-32(2)38(47)8)43-29-50-52-51(30-43)58(49-24-16-20-34(4)40(49)10)54-42(12)36(6)26-28-45(54)55(52)44-27-25-35(5)41(11)53(44)57(50)48-23-15-19-33(3)39(48)9/h13-30H,1-12H3. The highest BCUT2D eigenvalue weighted by atomic mass is 15.2. The summed E-state index contributed by atoms with van der Waals surface area (Å²) in [6.45, 7) is 27.3. The van der Waals surface area contributed by atoms with E-state index in [4.69, 9.17) is 0 Å². The molecule has 2 aliphatic heterocycles. The molecule has 2 aliphatic rings. The van der Waals surface area contributed by atoms with Gasteiger partial charge in [-0.05, 0) is 203 Å². The number of hydrogen-bond donors (Lipinski definition) is 0. The average molecular weight is 756 g/mol. The third-order valence-corrected chi connectivity index (χ3v) is 14.0. The highest BCUT2D eigenvalue weighted by Gasteiger charge is 2.45. The van der Waals surface area contributed by atoms with Gasteiger partial charge in [-0.2, -0.15) is 0 Å². The highest BCUT2D eigenvalue weighted by molar-refractivity contribution is 7.00. The molecule has 2 heterocycles. The predicted molar refractivity (Wildman–Crippen MR) is 252 cm³/mol. The SMILES string of the molecule is Cc1cccc(N(c2cc3c4c(c2)N(c2cccc(C)c2C)c2c(ccc(C)c2C)B4c2ccc(C)c(C)c2N3c2cccc(C)c2C)c2cccc(C)c2C)c1C. The van der Waals surface area contributed by atoms with E-state index in [0.29, 0.717) is 0 Å². The lowest BCUT2D eigenvalue weighted by Crippen LogP contribution is -2.62. The van der Waals surface area contributed by atoms with Crippen molar-refractivity contribution in [2.24, 2.45) is 0 Å². The third kappa shape index (κ3) is 5.48. The number of hydrogen-bond acceptors (Lipinski definition) is 3. The number of fused-ring (bicyclic) bond motifs is 4. The first-order valence-electron chi connectivity index (χ1n) is 20.8. The van der Waals surface area contributed by atoms with Crippen LogP contribution in [0.5, 0.6) is 0 Å². The van der Waals surface area contributed by atoms with Gasteiger partial charge in [-0.15, -0.1) is 0 Å². The summed E-state index contributed by atoms with van der Waals surface area (Å²) in [5.41, 5.74) is 30.6. The van der Waals surface area contributed by atoms with Gasteiger partial charge < -0.3 is 14.7 Å². The van der Waals surface area contributed by atoms with Gasteiger partial charge in [0.25, 0.3) is 6.71 Å². The topological polar surface area (TPSA) is 9.72 Å². The van der Waals surface area contributed by atoms with Crippen molar-refractivity contribution in [3.8, 4) is 0 Å². The van der Waals surface area contributed by atoms with Gasteiger partial charge in [0.1, 0.15) is 0 Å². The van der Waals surface area contributed by atoms with Crippen LogP contribution in [-0.4, -0.2) is 6.71 Å². The Kier molecular flexibility index (Phi) is 8.96. The molecule has 0 aromatic heterocycles. The maximum absolute atomic E-state index is 2.62. The molecule has 4 heteroatoms. The fraction of sp³-hybridized carbons (Fsp3) is 0.222. The van der Waals surface area contributed by atoms with Gasteiger partial charge in [-0.1, -0.05) is 72.8 Å². The van der Waals surface area contributed by atoms with Crippen molar-refractivity contribution in [2.75, 3.05) is 14.7 Å². The van der Waals surface area contributed by atoms with Gasteiger partial charge in [0.05, 0.1) is 5.69 Å². The van der Waals surface area contributed by atoms with Gasteiger partial charge in [-0.3, -0.25) is 0 Å². The molecule has 0 aliphatic carbocycles. The molecule has 0 spiro atoms. The lowest BCUT2D eigenvalue weighted by atomic mass is 9.33. The molecule has 0 N–H and O–H groups in total. The molecule has 0 saturated carbocycles. The van der Waals surface area contributed by atoms with Crippen molar-refractivity contribution >= 4 is 74.3 Å². The minimum absolute atomic E-state index is 0.0419. The lowest BCUT2D eigenvalue weighted by Gasteiger charge is -2.47. The van der Waals surface area contributed by atoms with E-state index in [-0.39, 0.29) is 6.71 Å². The van der Waals surface area contributed by atoms with Crippen LogP contribution in [0, 0.1) is 83.1 Å². The molecule has 288 valence electrons. The van der Waals surface area contributed by atoms with Crippen LogP contribution in [0.1, 0.15) is 66.8 Å². The van der Waals surface area contributed by atoms with Crippen LogP contribution in [0.2, 0.25) is 0 Å². The molecule has 0 saturated heterocycles. The van der Waals surface area contributed by atoms with Crippen molar-refractivity contribution < 1.29 is 0 Å².